The Morgan fingerprint density at radius 3 is 2.26 bits per heavy atom. The largest absolute Gasteiger partial charge is 0.481 e. The Morgan fingerprint density at radius 1 is 1.37 bits per heavy atom. The standard InChI is InChI=1S/C11H18N4O4/c1-10(2,3)19-9(18)15-6-4-11(5-7-15,8(16)17)13-14-12/h4-7H2,1-3H3,(H,16,17). The lowest BCUT2D eigenvalue weighted by molar-refractivity contribution is -0.145. The van der Waals surface area contributed by atoms with Crippen LogP contribution in [0.2, 0.25) is 0 Å². The summed E-state index contributed by atoms with van der Waals surface area (Å²) >= 11 is 0. The summed E-state index contributed by atoms with van der Waals surface area (Å²) in [6.45, 7) is 5.67. The first-order chi connectivity index (χ1) is 8.70. The van der Waals surface area contributed by atoms with Crippen LogP contribution in [0.3, 0.4) is 0 Å². The van der Waals surface area contributed by atoms with Crippen molar-refractivity contribution >= 4 is 12.1 Å². The van der Waals surface area contributed by atoms with Gasteiger partial charge in [0.1, 0.15) is 11.1 Å². The Morgan fingerprint density at radius 2 is 1.89 bits per heavy atom. The molecule has 0 radical (unpaired) electrons. The fourth-order valence-corrected chi connectivity index (χ4v) is 1.83. The summed E-state index contributed by atoms with van der Waals surface area (Å²) in [5, 5.41) is 12.5. The van der Waals surface area contributed by atoms with E-state index in [0.29, 0.717) is 0 Å². The number of carbonyl (C=O) groups is 2. The summed E-state index contributed by atoms with van der Waals surface area (Å²) < 4.78 is 5.20. The molecule has 1 aliphatic rings. The van der Waals surface area contributed by atoms with E-state index in [1.54, 1.807) is 20.8 Å². The average Bonchev–Trinajstić information content (AvgIpc) is 2.27. The number of rotatable bonds is 2. The Hall–Kier alpha value is -1.95. The first-order valence-corrected chi connectivity index (χ1v) is 5.98. The molecule has 0 aliphatic carbocycles. The summed E-state index contributed by atoms with van der Waals surface area (Å²) in [7, 11) is 0. The highest BCUT2D eigenvalue weighted by atomic mass is 16.6. The number of amides is 1. The third kappa shape index (κ3) is 3.75. The monoisotopic (exact) mass is 270 g/mol. The van der Waals surface area contributed by atoms with Crippen LogP contribution in [0.15, 0.2) is 5.11 Å². The third-order valence-electron chi connectivity index (χ3n) is 2.88. The quantitative estimate of drug-likeness (QED) is 0.470. The fraction of sp³-hybridized carbons (Fsp3) is 0.818. The number of hydrogen-bond acceptors (Lipinski definition) is 4. The van der Waals surface area contributed by atoms with E-state index in [-0.39, 0.29) is 25.9 Å². The van der Waals surface area contributed by atoms with Crippen molar-refractivity contribution in [2.75, 3.05) is 13.1 Å². The highest BCUT2D eigenvalue weighted by molar-refractivity contribution is 5.79. The van der Waals surface area contributed by atoms with Crippen LogP contribution in [0.25, 0.3) is 10.4 Å². The van der Waals surface area contributed by atoms with Gasteiger partial charge in [0.2, 0.25) is 0 Å². The molecule has 8 nitrogen and oxygen atoms in total. The van der Waals surface area contributed by atoms with Crippen molar-refractivity contribution in [3.05, 3.63) is 10.4 Å². The number of carbonyl (C=O) groups excluding carboxylic acids is 1. The second-order valence-corrected chi connectivity index (χ2v) is 5.49. The number of nitrogens with zero attached hydrogens (tertiary/aromatic N) is 4. The minimum Gasteiger partial charge on any atom is -0.481 e. The predicted molar refractivity (Wildman–Crippen MR) is 66.6 cm³/mol. The van der Waals surface area contributed by atoms with E-state index in [2.05, 4.69) is 10.0 Å². The topological polar surface area (TPSA) is 116 Å². The van der Waals surface area contributed by atoms with Crippen LogP contribution in [0.1, 0.15) is 33.6 Å². The Balaban J connectivity index is 2.69. The summed E-state index contributed by atoms with van der Waals surface area (Å²) in [4.78, 5) is 27.0. The summed E-state index contributed by atoms with van der Waals surface area (Å²) in [5.41, 5.74) is 6.41. The Bertz CT molecular complexity index is 411. The van der Waals surface area contributed by atoms with Crippen LogP contribution in [0.4, 0.5) is 4.79 Å². The molecule has 1 amide bonds. The van der Waals surface area contributed by atoms with Crippen molar-refractivity contribution in [1.82, 2.24) is 4.90 Å². The molecular formula is C11H18N4O4. The number of piperidine rings is 1. The molecule has 1 fully saturated rings. The van der Waals surface area contributed by atoms with E-state index in [1.165, 1.54) is 4.90 Å². The molecule has 1 rings (SSSR count). The molecule has 0 aromatic heterocycles. The zero-order chi connectivity index (χ0) is 14.7. The maximum atomic E-state index is 11.8. The van der Waals surface area contributed by atoms with Crippen LogP contribution in [-0.4, -0.2) is 46.3 Å². The summed E-state index contributed by atoms with van der Waals surface area (Å²) in [5.74, 6) is -1.16. The Labute approximate surface area is 111 Å². The molecule has 1 heterocycles. The summed E-state index contributed by atoms with van der Waals surface area (Å²) in [6, 6.07) is 0. The van der Waals surface area contributed by atoms with Crippen molar-refractivity contribution in [3.63, 3.8) is 0 Å². The molecule has 0 atom stereocenters. The van der Waals surface area contributed by atoms with Gasteiger partial charge in [-0.25, -0.2) is 4.79 Å². The minimum absolute atomic E-state index is 0.0889. The van der Waals surface area contributed by atoms with Crippen molar-refractivity contribution in [2.24, 2.45) is 5.11 Å². The number of carboxylic acid groups (broad SMARTS) is 1. The first-order valence-electron chi connectivity index (χ1n) is 5.98. The SMILES string of the molecule is CC(C)(C)OC(=O)N1CCC(N=[N+]=[N-])(C(=O)O)CC1. The minimum atomic E-state index is -1.45. The molecule has 1 N–H and O–H groups in total. The highest BCUT2D eigenvalue weighted by Crippen LogP contribution is 2.28. The van der Waals surface area contributed by atoms with E-state index in [0.717, 1.165) is 0 Å². The first kappa shape index (κ1) is 15.1. The molecule has 0 unspecified atom stereocenters. The van der Waals surface area contributed by atoms with E-state index >= 15 is 0 Å². The molecule has 0 bridgehead atoms. The van der Waals surface area contributed by atoms with Gasteiger partial charge < -0.3 is 14.7 Å². The molecule has 0 aromatic rings. The Kier molecular flexibility index (Phi) is 4.26. The number of aliphatic carboxylic acids is 1. The molecule has 1 saturated heterocycles. The zero-order valence-electron chi connectivity index (χ0n) is 11.3. The zero-order valence-corrected chi connectivity index (χ0v) is 11.3. The molecule has 106 valence electrons. The normalized spacial score (nSPS) is 18.4. The van der Waals surface area contributed by atoms with E-state index in [9.17, 15) is 9.59 Å². The van der Waals surface area contributed by atoms with Crippen molar-refractivity contribution < 1.29 is 19.4 Å². The highest BCUT2D eigenvalue weighted by Gasteiger charge is 2.42. The average molecular weight is 270 g/mol. The van der Waals surface area contributed by atoms with Gasteiger partial charge in [-0.05, 0) is 39.1 Å². The molecular weight excluding hydrogens is 252 g/mol. The van der Waals surface area contributed by atoms with E-state index < -0.39 is 23.2 Å². The number of carboxylic acids is 1. The smallest absolute Gasteiger partial charge is 0.410 e. The fourth-order valence-electron chi connectivity index (χ4n) is 1.83. The van der Waals surface area contributed by atoms with E-state index in [1.807, 2.05) is 0 Å². The third-order valence-corrected chi connectivity index (χ3v) is 2.88. The van der Waals surface area contributed by atoms with Crippen molar-refractivity contribution in [2.45, 2.75) is 44.8 Å². The van der Waals surface area contributed by atoms with Crippen LogP contribution in [-0.2, 0) is 9.53 Å². The molecule has 1 aliphatic heterocycles. The van der Waals surface area contributed by atoms with Crippen LogP contribution in [0, 0.1) is 0 Å². The van der Waals surface area contributed by atoms with Gasteiger partial charge in [-0.1, -0.05) is 5.11 Å². The number of hydrogen-bond donors (Lipinski definition) is 1. The van der Waals surface area contributed by atoms with Gasteiger partial charge in [0, 0.05) is 18.0 Å². The van der Waals surface area contributed by atoms with Crippen LogP contribution >= 0.6 is 0 Å². The second-order valence-electron chi connectivity index (χ2n) is 5.49. The molecule has 0 spiro atoms. The van der Waals surface area contributed by atoms with Gasteiger partial charge in [0.05, 0.1) is 0 Å². The van der Waals surface area contributed by atoms with Gasteiger partial charge >= 0.3 is 12.1 Å². The van der Waals surface area contributed by atoms with Crippen LogP contribution < -0.4 is 0 Å². The van der Waals surface area contributed by atoms with Gasteiger partial charge in [-0.2, -0.15) is 0 Å². The summed E-state index contributed by atoms with van der Waals surface area (Å²) in [6.07, 6.45) is -0.301. The molecule has 19 heavy (non-hydrogen) atoms. The lowest BCUT2D eigenvalue weighted by Gasteiger charge is -2.36. The predicted octanol–water partition coefficient (Wildman–Crippen LogP) is 2.15. The van der Waals surface area contributed by atoms with Gasteiger partial charge in [0.25, 0.3) is 0 Å². The van der Waals surface area contributed by atoms with E-state index in [4.69, 9.17) is 15.4 Å². The number of likely N-dealkylation sites (tertiary alicyclic amines) is 1. The molecule has 0 aromatic carbocycles. The van der Waals surface area contributed by atoms with Crippen molar-refractivity contribution in [3.8, 4) is 0 Å². The van der Waals surface area contributed by atoms with Gasteiger partial charge in [-0.15, -0.1) is 0 Å². The van der Waals surface area contributed by atoms with Gasteiger partial charge in [0.15, 0.2) is 0 Å². The lowest BCUT2D eigenvalue weighted by Crippen LogP contribution is -2.50. The van der Waals surface area contributed by atoms with Crippen molar-refractivity contribution in [1.29, 1.82) is 0 Å². The maximum absolute atomic E-state index is 11.8. The number of ether oxygens (including phenoxy) is 1. The maximum Gasteiger partial charge on any atom is 0.410 e. The van der Waals surface area contributed by atoms with Gasteiger partial charge in [-0.3, -0.25) is 4.79 Å². The molecule has 0 saturated carbocycles. The van der Waals surface area contributed by atoms with Crippen LogP contribution in [0.5, 0.6) is 0 Å². The number of azide groups is 1. The lowest BCUT2D eigenvalue weighted by atomic mass is 9.89. The molecule has 8 heteroatoms. The second kappa shape index (κ2) is 5.36.